The van der Waals surface area contributed by atoms with Crippen molar-refractivity contribution in [2.24, 2.45) is 0 Å². The molecule has 4 heteroatoms. The van der Waals surface area contributed by atoms with Crippen molar-refractivity contribution < 1.29 is 13.6 Å². The number of hydrogen-bond acceptors (Lipinski definition) is 2. The minimum atomic E-state index is -0.306. The standard InChI is InChI=1S/C21H18ClFO2/c1-12(2)16-11-17(22)13(3)19-20(14-6-8-15(23)9-7-14)18(5-4-10-24)25-21(16)19/h4-12H,1-3H3. The van der Waals surface area contributed by atoms with E-state index in [1.165, 1.54) is 18.2 Å². The van der Waals surface area contributed by atoms with E-state index in [2.05, 4.69) is 13.8 Å². The Bertz CT molecular complexity index is 966. The van der Waals surface area contributed by atoms with E-state index in [1.54, 1.807) is 18.2 Å². The Morgan fingerprint density at radius 1 is 1.20 bits per heavy atom. The molecule has 0 radical (unpaired) electrons. The van der Waals surface area contributed by atoms with E-state index in [9.17, 15) is 9.18 Å². The van der Waals surface area contributed by atoms with Gasteiger partial charge in [0, 0.05) is 16.0 Å². The second-order valence-corrected chi connectivity index (χ2v) is 6.68. The van der Waals surface area contributed by atoms with Gasteiger partial charge in [-0.1, -0.05) is 37.6 Å². The zero-order valence-corrected chi connectivity index (χ0v) is 15.0. The normalized spacial score (nSPS) is 11.8. The van der Waals surface area contributed by atoms with E-state index < -0.39 is 0 Å². The van der Waals surface area contributed by atoms with Gasteiger partial charge in [0.2, 0.25) is 0 Å². The number of furan rings is 1. The van der Waals surface area contributed by atoms with E-state index in [0.29, 0.717) is 17.1 Å². The first-order valence-electron chi connectivity index (χ1n) is 8.07. The Labute approximate surface area is 150 Å². The molecule has 2 aromatic carbocycles. The van der Waals surface area contributed by atoms with Crippen LogP contribution >= 0.6 is 11.6 Å². The monoisotopic (exact) mass is 356 g/mol. The SMILES string of the molecule is Cc1c(Cl)cc(C(C)C)c2oc(C=CC=O)c(-c3ccc(F)cc3)c12. The minimum Gasteiger partial charge on any atom is -0.456 e. The van der Waals surface area contributed by atoms with Crippen molar-refractivity contribution in [1.29, 1.82) is 0 Å². The van der Waals surface area contributed by atoms with Crippen LogP contribution in [0, 0.1) is 12.7 Å². The smallest absolute Gasteiger partial charge is 0.142 e. The zero-order chi connectivity index (χ0) is 18.1. The summed E-state index contributed by atoms with van der Waals surface area (Å²) in [5, 5.41) is 1.56. The molecule has 0 aliphatic heterocycles. The molecule has 0 saturated carbocycles. The lowest BCUT2D eigenvalue weighted by Crippen LogP contribution is -1.91. The second-order valence-electron chi connectivity index (χ2n) is 6.27. The van der Waals surface area contributed by atoms with Crippen molar-refractivity contribution in [2.45, 2.75) is 26.7 Å². The van der Waals surface area contributed by atoms with Crippen LogP contribution < -0.4 is 0 Å². The zero-order valence-electron chi connectivity index (χ0n) is 14.3. The van der Waals surface area contributed by atoms with Crippen LogP contribution in [0.3, 0.4) is 0 Å². The summed E-state index contributed by atoms with van der Waals surface area (Å²) >= 11 is 6.46. The van der Waals surface area contributed by atoms with Gasteiger partial charge in [-0.05, 0) is 59.9 Å². The fraction of sp³-hybridized carbons (Fsp3) is 0.190. The number of aldehydes is 1. The quantitative estimate of drug-likeness (QED) is 0.392. The highest BCUT2D eigenvalue weighted by Gasteiger charge is 2.21. The van der Waals surface area contributed by atoms with Crippen LogP contribution in [0.2, 0.25) is 5.02 Å². The highest BCUT2D eigenvalue weighted by atomic mass is 35.5. The van der Waals surface area contributed by atoms with Gasteiger partial charge in [-0.2, -0.15) is 0 Å². The maximum absolute atomic E-state index is 13.4. The molecule has 0 N–H and O–H groups in total. The summed E-state index contributed by atoms with van der Waals surface area (Å²) in [6.07, 6.45) is 3.71. The number of aryl methyl sites for hydroxylation is 1. The molecular formula is C21H18ClFO2. The number of carbonyl (C=O) groups excluding carboxylic acids is 1. The molecule has 1 aromatic heterocycles. The van der Waals surface area contributed by atoms with E-state index in [-0.39, 0.29) is 11.7 Å². The van der Waals surface area contributed by atoms with Gasteiger partial charge >= 0.3 is 0 Å². The molecule has 3 aromatic rings. The summed E-state index contributed by atoms with van der Waals surface area (Å²) in [6, 6.07) is 8.14. The third kappa shape index (κ3) is 3.12. The maximum atomic E-state index is 13.4. The summed E-state index contributed by atoms with van der Waals surface area (Å²) < 4.78 is 19.5. The van der Waals surface area contributed by atoms with Crippen molar-refractivity contribution in [1.82, 2.24) is 0 Å². The second kappa shape index (κ2) is 6.85. The molecule has 0 amide bonds. The summed E-state index contributed by atoms with van der Waals surface area (Å²) in [5.74, 6) is 0.468. The van der Waals surface area contributed by atoms with Crippen LogP contribution in [0.1, 0.15) is 36.7 Å². The van der Waals surface area contributed by atoms with E-state index >= 15 is 0 Å². The predicted octanol–water partition coefficient (Wildman–Crippen LogP) is 6.54. The summed E-state index contributed by atoms with van der Waals surface area (Å²) in [4.78, 5) is 10.8. The van der Waals surface area contributed by atoms with Crippen LogP contribution in [-0.4, -0.2) is 6.29 Å². The van der Waals surface area contributed by atoms with Gasteiger partial charge in [0.25, 0.3) is 0 Å². The Kier molecular flexibility index (Phi) is 4.78. The van der Waals surface area contributed by atoms with Gasteiger partial charge in [0.1, 0.15) is 23.4 Å². The molecule has 0 spiro atoms. The number of benzene rings is 2. The van der Waals surface area contributed by atoms with Crippen LogP contribution in [0.4, 0.5) is 4.39 Å². The first-order chi connectivity index (χ1) is 11.9. The average Bonchev–Trinajstić information content (AvgIpc) is 2.96. The lowest BCUT2D eigenvalue weighted by Gasteiger charge is -2.10. The van der Waals surface area contributed by atoms with Gasteiger partial charge in [-0.15, -0.1) is 0 Å². The molecule has 2 nitrogen and oxygen atoms in total. The van der Waals surface area contributed by atoms with Crippen molar-refractivity contribution in [3.8, 4) is 11.1 Å². The van der Waals surface area contributed by atoms with Gasteiger partial charge in [-0.25, -0.2) is 4.39 Å². The Morgan fingerprint density at radius 2 is 1.88 bits per heavy atom. The largest absolute Gasteiger partial charge is 0.456 e. The first-order valence-corrected chi connectivity index (χ1v) is 8.45. The molecule has 1 heterocycles. The molecule has 0 aliphatic rings. The summed E-state index contributed by atoms with van der Waals surface area (Å²) in [5.41, 5.74) is 4.28. The number of carbonyl (C=O) groups is 1. The number of fused-ring (bicyclic) bond motifs is 1. The van der Waals surface area contributed by atoms with Crippen molar-refractivity contribution in [3.05, 3.63) is 64.1 Å². The third-order valence-electron chi connectivity index (χ3n) is 4.29. The van der Waals surface area contributed by atoms with Gasteiger partial charge in [0.15, 0.2) is 0 Å². The first kappa shape index (κ1) is 17.4. The predicted molar refractivity (Wildman–Crippen MR) is 101 cm³/mol. The van der Waals surface area contributed by atoms with Crippen LogP contribution in [-0.2, 0) is 4.79 Å². The van der Waals surface area contributed by atoms with Crippen LogP contribution in [0.5, 0.6) is 0 Å². The third-order valence-corrected chi connectivity index (χ3v) is 4.69. The van der Waals surface area contributed by atoms with Crippen LogP contribution in [0.25, 0.3) is 28.2 Å². The van der Waals surface area contributed by atoms with Gasteiger partial charge in [-0.3, -0.25) is 4.79 Å². The maximum Gasteiger partial charge on any atom is 0.142 e. The number of halogens is 2. The Hall–Kier alpha value is -2.39. The van der Waals surface area contributed by atoms with Crippen molar-refractivity contribution in [2.75, 3.05) is 0 Å². The summed E-state index contributed by atoms with van der Waals surface area (Å²) in [6.45, 7) is 6.08. The lowest BCUT2D eigenvalue weighted by atomic mass is 9.94. The Balaban J connectivity index is 2.44. The highest BCUT2D eigenvalue weighted by Crippen LogP contribution is 2.43. The highest BCUT2D eigenvalue weighted by molar-refractivity contribution is 6.32. The molecule has 0 aliphatic carbocycles. The van der Waals surface area contributed by atoms with Gasteiger partial charge in [0.05, 0.1) is 0 Å². The van der Waals surface area contributed by atoms with Crippen molar-refractivity contribution >= 4 is 34.9 Å². The molecule has 0 saturated heterocycles. The molecule has 3 rings (SSSR count). The summed E-state index contributed by atoms with van der Waals surface area (Å²) in [7, 11) is 0. The molecule has 25 heavy (non-hydrogen) atoms. The molecule has 0 bridgehead atoms. The van der Waals surface area contributed by atoms with Crippen LogP contribution in [0.15, 0.2) is 40.8 Å². The Morgan fingerprint density at radius 3 is 2.48 bits per heavy atom. The van der Waals surface area contributed by atoms with E-state index in [0.717, 1.165) is 33.2 Å². The number of allylic oxidation sites excluding steroid dienone is 1. The fourth-order valence-electron chi connectivity index (χ4n) is 3.02. The average molecular weight is 357 g/mol. The number of rotatable bonds is 4. The molecule has 0 unspecified atom stereocenters. The lowest BCUT2D eigenvalue weighted by molar-refractivity contribution is -0.104. The minimum absolute atomic E-state index is 0.218. The molecular weight excluding hydrogens is 339 g/mol. The topological polar surface area (TPSA) is 30.2 Å². The van der Waals surface area contributed by atoms with Crippen molar-refractivity contribution in [3.63, 3.8) is 0 Å². The fourth-order valence-corrected chi connectivity index (χ4v) is 3.23. The van der Waals surface area contributed by atoms with E-state index in [4.69, 9.17) is 16.0 Å². The van der Waals surface area contributed by atoms with Gasteiger partial charge < -0.3 is 4.42 Å². The molecule has 0 fully saturated rings. The number of hydrogen-bond donors (Lipinski definition) is 0. The molecule has 128 valence electrons. The molecule has 0 atom stereocenters. The van der Waals surface area contributed by atoms with E-state index in [1.807, 2.05) is 13.0 Å².